The Hall–Kier alpha value is -1.62. The van der Waals surface area contributed by atoms with Crippen LogP contribution in [0.25, 0.3) is 0 Å². The molecule has 0 unspecified atom stereocenters. The lowest BCUT2D eigenvalue weighted by atomic mass is 10.3. The number of carbonyl (C=O) groups is 1. The van der Waals surface area contributed by atoms with Crippen molar-refractivity contribution in [1.29, 1.82) is 0 Å². The van der Waals surface area contributed by atoms with Crippen LogP contribution >= 0.6 is 0 Å². The van der Waals surface area contributed by atoms with Crippen molar-refractivity contribution in [1.82, 2.24) is 14.7 Å². The third-order valence-electron chi connectivity index (χ3n) is 2.50. The summed E-state index contributed by atoms with van der Waals surface area (Å²) >= 11 is 0. The van der Waals surface area contributed by atoms with Crippen molar-refractivity contribution < 1.29 is 4.79 Å². The fourth-order valence-corrected chi connectivity index (χ4v) is 1.67. The molecule has 0 fully saturated rings. The molecule has 0 saturated heterocycles. The maximum atomic E-state index is 11.3. The Labute approximate surface area is 88.2 Å². The summed E-state index contributed by atoms with van der Waals surface area (Å²) in [7, 11) is 0. The van der Waals surface area contributed by atoms with E-state index in [2.05, 4.69) is 11.7 Å². The molecule has 0 saturated carbocycles. The summed E-state index contributed by atoms with van der Waals surface area (Å²) in [6.45, 7) is 6.49. The molecule has 1 aliphatic heterocycles. The topological polar surface area (TPSA) is 64.2 Å². The molecule has 80 valence electrons. The highest BCUT2D eigenvalue weighted by molar-refractivity contribution is 5.87. The number of nitrogens with two attached hydrogens (primary N) is 1. The summed E-state index contributed by atoms with van der Waals surface area (Å²) in [5.74, 6) is -0.0552. The van der Waals surface area contributed by atoms with Crippen LogP contribution in [0.1, 0.15) is 24.3 Å². The number of hydrogen-bond acceptors (Lipinski definition) is 3. The van der Waals surface area contributed by atoms with Crippen LogP contribution in [0.15, 0.2) is 18.9 Å². The third-order valence-corrected chi connectivity index (χ3v) is 2.50. The summed E-state index contributed by atoms with van der Waals surface area (Å²) in [4.78, 5) is 13.1. The highest BCUT2D eigenvalue weighted by atomic mass is 16.2. The molecule has 2 heterocycles. The Morgan fingerprint density at radius 2 is 2.47 bits per heavy atom. The Bertz CT molecular complexity index is 384. The summed E-state index contributed by atoms with van der Waals surface area (Å²) in [5, 5.41) is 4.32. The van der Waals surface area contributed by atoms with E-state index in [1.807, 2.05) is 13.1 Å². The van der Waals surface area contributed by atoms with Crippen LogP contribution in [0.5, 0.6) is 0 Å². The van der Waals surface area contributed by atoms with Gasteiger partial charge in [-0.1, -0.05) is 6.58 Å². The molecular formula is C10H14N4O. The van der Waals surface area contributed by atoms with E-state index in [-0.39, 0.29) is 12.1 Å². The predicted molar refractivity (Wildman–Crippen MR) is 55.6 cm³/mol. The van der Waals surface area contributed by atoms with Crippen molar-refractivity contribution in [3.05, 3.63) is 30.1 Å². The highest BCUT2D eigenvalue weighted by Gasteiger charge is 2.25. The molecule has 0 spiro atoms. The lowest BCUT2D eigenvalue weighted by Crippen LogP contribution is -2.24. The average Bonchev–Trinajstić information content (AvgIpc) is 2.72. The Morgan fingerprint density at radius 1 is 1.73 bits per heavy atom. The SMILES string of the molecule is C=CC(=O)N1Cc2cn([C@H](C)N)nc2C1. The van der Waals surface area contributed by atoms with Gasteiger partial charge in [-0.15, -0.1) is 0 Å². The van der Waals surface area contributed by atoms with E-state index in [0.29, 0.717) is 13.1 Å². The van der Waals surface area contributed by atoms with E-state index in [1.165, 1.54) is 6.08 Å². The molecule has 0 aliphatic carbocycles. The Kier molecular flexibility index (Phi) is 2.32. The van der Waals surface area contributed by atoms with Crippen molar-refractivity contribution in [3.8, 4) is 0 Å². The molecule has 0 bridgehead atoms. The van der Waals surface area contributed by atoms with E-state index in [0.717, 1.165) is 11.3 Å². The van der Waals surface area contributed by atoms with Gasteiger partial charge in [-0.2, -0.15) is 5.10 Å². The van der Waals surface area contributed by atoms with Gasteiger partial charge in [0.25, 0.3) is 0 Å². The monoisotopic (exact) mass is 206 g/mol. The zero-order valence-corrected chi connectivity index (χ0v) is 8.68. The molecular weight excluding hydrogens is 192 g/mol. The minimum absolute atomic E-state index is 0.0552. The molecule has 1 atom stereocenters. The predicted octanol–water partition coefficient (Wildman–Crippen LogP) is 0.388. The van der Waals surface area contributed by atoms with E-state index < -0.39 is 0 Å². The quantitative estimate of drug-likeness (QED) is 0.712. The van der Waals surface area contributed by atoms with Crippen LogP contribution in [-0.4, -0.2) is 20.6 Å². The van der Waals surface area contributed by atoms with Crippen LogP contribution in [0, 0.1) is 0 Å². The molecule has 2 rings (SSSR count). The Morgan fingerprint density at radius 3 is 3.00 bits per heavy atom. The number of rotatable bonds is 2. The lowest BCUT2D eigenvalue weighted by molar-refractivity contribution is -0.126. The third kappa shape index (κ3) is 1.66. The molecule has 1 aliphatic rings. The normalized spacial score (nSPS) is 16.3. The fourth-order valence-electron chi connectivity index (χ4n) is 1.67. The van der Waals surface area contributed by atoms with Gasteiger partial charge in [-0.3, -0.25) is 9.48 Å². The molecule has 1 aromatic heterocycles. The van der Waals surface area contributed by atoms with Gasteiger partial charge < -0.3 is 10.6 Å². The second kappa shape index (κ2) is 3.51. The summed E-state index contributed by atoms with van der Waals surface area (Å²) in [6, 6.07) is 0. The number of amides is 1. The van der Waals surface area contributed by atoms with Crippen LogP contribution in [0.4, 0.5) is 0 Å². The second-order valence-corrected chi connectivity index (χ2v) is 3.72. The smallest absolute Gasteiger partial charge is 0.246 e. The number of nitrogens with zero attached hydrogens (tertiary/aromatic N) is 3. The molecule has 15 heavy (non-hydrogen) atoms. The van der Waals surface area contributed by atoms with Crippen molar-refractivity contribution in [2.75, 3.05) is 0 Å². The summed E-state index contributed by atoms with van der Waals surface area (Å²) < 4.78 is 1.72. The maximum Gasteiger partial charge on any atom is 0.246 e. The highest BCUT2D eigenvalue weighted by Crippen LogP contribution is 2.22. The van der Waals surface area contributed by atoms with Gasteiger partial charge in [-0.25, -0.2) is 0 Å². The molecule has 1 amide bonds. The first-order valence-corrected chi connectivity index (χ1v) is 4.85. The van der Waals surface area contributed by atoms with Crippen molar-refractivity contribution in [3.63, 3.8) is 0 Å². The standard InChI is InChI=1S/C10H14N4O/c1-3-10(15)13-4-8-5-14(7(2)11)12-9(8)6-13/h3,5,7H,1,4,6,11H2,2H3/t7-/m1/s1. The molecule has 5 nitrogen and oxygen atoms in total. The maximum absolute atomic E-state index is 11.3. The van der Waals surface area contributed by atoms with Crippen LogP contribution in [0.3, 0.4) is 0 Å². The Balaban J connectivity index is 2.16. The first-order chi connectivity index (χ1) is 7.11. The second-order valence-electron chi connectivity index (χ2n) is 3.72. The summed E-state index contributed by atoms with van der Waals surface area (Å²) in [6.07, 6.45) is 3.10. The van der Waals surface area contributed by atoms with Crippen LogP contribution in [-0.2, 0) is 17.9 Å². The van der Waals surface area contributed by atoms with Crippen molar-refractivity contribution in [2.24, 2.45) is 5.73 Å². The molecule has 1 aromatic rings. The first-order valence-electron chi connectivity index (χ1n) is 4.85. The number of fused-ring (bicyclic) bond motifs is 1. The number of aromatic nitrogens is 2. The van der Waals surface area contributed by atoms with Crippen molar-refractivity contribution in [2.45, 2.75) is 26.2 Å². The van der Waals surface area contributed by atoms with Gasteiger partial charge in [0, 0.05) is 18.3 Å². The van der Waals surface area contributed by atoms with E-state index >= 15 is 0 Å². The van der Waals surface area contributed by atoms with Gasteiger partial charge in [0.1, 0.15) is 0 Å². The largest absolute Gasteiger partial charge is 0.329 e. The number of hydrogen-bond donors (Lipinski definition) is 1. The van der Waals surface area contributed by atoms with Gasteiger partial charge in [0.2, 0.25) is 5.91 Å². The minimum Gasteiger partial charge on any atom is -0.329 e. The number of carbonyl (C=O) groups excluding carboxylic acids is 1. The molecule has 5 heteroatoms. The van der Waals surface area contributed by atoms with Gasteiger partial charge in [-0.05, 0) is 13.0 Å². The van der Waals surface area contributed by atoms with E-state index in [4.69, 9.17) is 5.73 Å². The van der Waals surface area contributed by atoms with E-state index in [9.17, 15) is 4.79 Å². The minimum atomic E-state index is -0.126. The molecule has 0 radical (unpaired) electrons. The summed E-state index contributed by atoms with van der Waals surface area (Å²) in [5.41, 5.74) is 7.70. The van der Waals surface area contributed by atoms with Gasteiger partial charge in [0.15, 0.2) is 0 Å². The van der Waals surface area contributed by atoms with Crippen molar-refractivity contribution >= 4 is 5.91 Å². The fraction of sp³-hybridized carbons (Fsp3) is 0.400. The van der Waals surface area contributed by atoms with Gasteiger partial charge in [0.05, 0.1) is 18.4 Å². The van der Waals surface area contributed by atoms with E-state index in [1.54, 1.807) is 9.58 Å². The zero-order valence-electron chi connectivity index (χ0n) is 8.68. The first kappa shape index (κ1) is 9.92. The van der Waals surface area contributed by atoms with Crippen LogP contribution in [0.2, 0.25) is 0 Å². The lowest BCUT2D eigenvalue weighted by Gasteiger charge is -2.13. The average molecular weight is 206 g/mol. The molecule has 2 N–H and O–H groups in total. The van der Waals surface area contributed by atoms with Crippen LogP contribution < -0.4 is 5.73 Å². The molecule has 0 aromatic carbocycles. The zero-order chi connectivity index (χ0) is 11.0. The van der Waals surface area contributed by atoms with Gasteiger partial charge >= 0.3 is 0 Å².